The van der Waals surface area contributed by atoms with Crippen molar-refractivity contribution in [1.29, 1.82) is 0 Å². The minimum absolute atomic E-state index is 0.162. The molecule has 2 atom stereocenters. The maximum Gasteiger partial charge on any atom is 0.230 e. The standard InChI is InChI=1S/C19H27NO2/c1-14-6-4-8-16(12-14)19(10-2-3-11-19)18(22)20-13-15-7-5-9-17(15)21/h4,6,8,12,15,17,21H,2-3,5,7,9-11,13H2,1H3,(H,20,22). The van der Waals surface area contributed by atoms with Crippen LogP contribution in [0, 0.1) is 12.8 Å². The maximum absolute atomic E-state index is 12.9. The normalized spacial score (nSPS) is 27.0. The highest BCUT2D eigenvalue weighted by Gasteiger charge is 2.43. The molecular formula is C19H27NO2. The number of aliphatic hydroxyl groups excluding tert-OH is 1. The molecule has 0 saturated heterocycles. The number of carbonyl (C=O) groups is 1. The fourth-order valence-corrected chi connectivity index (χ4v) is 4.22. The van der Waals surface area contributed by atoms with Crippen molar-refractivity contribution < 1.29 is 9.90 Å². The van der Waals surface area contributed by atoms with Gasteiger partial charge in [-0.3, -0.25) is 4.79 Å². The van der Waals surface area contributed by atoms with Gasteiger partial charge < -0.3 is 10.4 Å². The highest BCUT2D eigenvalue weighted by Crippen LogP contribution is 2.41. The van der Waals surface area contributed by atoms with Gasteiger partial charge in [-0.2, -0.15) is 0 Å². The number of aliphatic hydroxyl groups is 1. The Morgan fingerprint density at radius 1 is 1.27 bits per heavy atom. The van der Waals surface area contributed by atoms with Gasteiger partial charge in [-0.25, -0.2) is 0 Å². The van der Waals surface area contributed by atoms with E-state index in [0.29, 0.717) is 6.54 Å². The second-order valence-corrected chi connectivity index (χ2v) is 7.13. The summed E-state index contributed by atoms with van der Waals surface area (Å²) >= 11 is 0. The first-order valence-corrected chi connectivity index (χ1v) is 8.65. The maximum atomic E-state index is 12.9. The number of carbonyl (C=O) groups excluding carboxylic acids is 1. The summed E-state index contributed by atoms with van der Waals surface area (Å²) in [6.45, 7) is 2.70. The molecule has 2 aliphatic carbocycles. The number of benzene rings is 1. The zero-order valence-corrected chi connectivity index (χ0v) is 13.5. The third-order valence-corrected chi connectivity index (χ3v) is 5.61. The van der Waals surface area contributed by atoms with Gasteiger partial charge in [0, 0.05) is 12.5 Å². The van der Waals surface area contributed by atoms with E-state index in [0.717, 1.165) is 50.5 Å². The van der Waals surface area contributed by atoms with E-state index in [9.17, 15) is 9.90 Å². The molecule has 0 bridgehead atoms. The first kappa shape index (κ1) is 15.5. The van der Waals surface area contributed by atoms with E-state index in [1.807, 2.05) is 0 Å². The number of nitrogens with one attached hydrogen (secondary N) is 1. The fourth-order valence-electron chi connectivity index (χ4n) is 4.22. The lowest BCUT2D eigenvalue weighted by Gasteiger charge is -2.29. The van der Waals surface area contributed by atoms with Crippen LogP contribution in [0.25, 0.3) is 0 Å². The van der Waals surface area contributed by atoms with Crippen LogP contribution in [0.5, 0.6) is 0 Å². The highest BCUT2D eigenvalue weighted by atomic mass is 16.3. The van der Waals surface area contributed by atoms with Gasteiger partial charge in [-0.05, 0) is 38.2 Å². The Bertz CT molecular complexity index is 534. The molecule has 0 radical (unpaired) electrons. The molecule has 3 rings (SSSR count). The van der Waals surface area contributed by atoms with Gasteiger partial charge in [0.25, 0.3) is 0 Å². The number of rotatable bonds is 4. The molecule has 2 N–H and O–H groups in total. The Morgan fingerprint density at radius 2 is 2.05 bits per heavy atom. The minimum atomic E-state index is -0.352. The van der Waals surface area contributed by atoms with E-state index in [4.69, 9.17) is 0 Å². The summed E-state index contributed by atoms with van der Waals surface area (Å²) in [6.07, 6.45) is 6.86. The average Bonchev–Trinajstić information content (AvgIpc) is 3.15. The molecule has 0 aliphatic heterocycles. The number of hydrogen-bond acceptors (Lipinski definition) is 2. The molecule has 2 unspecified atom stereocenters. The Balaban J connectivity index is 1.74. The molecule has 1 amide bonds. The molecule has 22 heavy (non-hydrogen) atoms. The smallest absolute Gasteiger partial charge is 0.230 e. The molecule has 2 saturated carbocycles. The fraction of sp³-hybridized carbons (Fsp3) is 0.632. The Morgan fingerprint density at radius 3 is 2.68 bits per heavy atom. The van der Waals surface area contributed by atoms with E-state index in [-0.39, 0.29) is 23.3 Å². The van der Waals surface area contributed by atoms with E-state index in [1.165, 1.54) is 5.56 Å². The van der Waals surface area contributed by atoms with Gasteiger partial charge in [-0.1, -0.05) is 49.1 Å². The van der Waals surface area contributed by atoms with Crippen LogP contribution in [0.3, 0.4) is 0 Å². The number of aryl methyl sites for hydroxylation is 1. The number of hydrogen-bond donors (Lipinski definition) is 2. The molecule has 2 aliphatic rings. The van der Waals surface area contributed by atoms with Gasteiger partial charge in [0.05, 0.1) is 11.5 Å². The summed E-state index contributed by atoms with van der Waals surface area (Å²) in [5, 5.41) is 13.1. The molecule has 3 heteroatoms. The lowest BCUT2D eigenvalue weighted by atomic mass is 9.77. The largest absolute Gasteiger partial charge is 0.393 e. The minimum Gasteiger partial charge on any atom is -0.393 e. The second-order valence-electron chi connectivity index (χ2n) is 7.13. The predicted molar refractivity (Wildman–Crippen MR) is 87.7 cm³/mol. The molecule has 0 heterocycles. The van der Waals surface area contributed by atoms with Crippen LogP contribution >= 0.6 is 0 Å². The van der Waals surface area contributed by atoms with E-state index < -0.39 is 0 Å². The monoisotopic (exact) mass is 301 g/mol. The lowest BCUT2D eigenvalue weighted by Crippen LogP contribution is -2.45. The van der Waals surface area contributed by atoms with Crippen molar-refractivity contribution >= 4 is 5.91 Å². The van der Waals surface area contributed by atoms with Crippen LogP contribution in [-0.2, 0) is 10.2 Å². The van der Waals surface area contributed by atoms with Gasteiger partial charge in [0.15, 0.2) is 0 Å². The van der Waals surface area contributed by atoms with Crippen molar-refractivity contribution in [2.45, 2.75) is 63.4 Å². The zero-order chi connectivity index (χ0) is 15.6. The van der Waals surface area contributed by atoms with Crippen molar-refractivity contribution in [3.63, 3.8) is 0 Å². The van der Waals surface area contributed by atoms with E-state index >= 15 is 0 Å². The molecule has 0 aromatic heterocycles. The summed E-state index contributed by atoms with van der Waals surface area (Å²) in [6, 6.07) is 8.40. The van der Waals surface area contributed by atoms with E-state index in [2.05, 4.69) is 36.5 Å². The lowest BCUT2D eigenvalue weighted by molar-refractivity contribution is -0.127. The van der Waals surface area contributed by atoms with Crippen LogP contribution in [0.15, 0.2) is 24.3 Å². The van der Waals surface area contributed by atoms with Crippen LogP contribution in [0.1, 0.15) is 56.1 Å². The van der Waals surface area contributed by atoms with Crippen molar-refractivity contribution in [2.24, 2.45) is 5.92 Å². The summed E-state index contributed by atoms with van der Waals surface area (Å²) < 4.78 is 0. The van der Waals surface area contributed by atoms with E-state index in [1.54, 1.807) is 0 Å². The highest BCUT2D eigenvalue weighted by molar-refractivity contribution is 5.88. The number of amides is 1. The van der Waals surface area contributed by atoms with Gasteiger partial charge in [0.1, 0.15) is 0 Å². The summed E-state index contributed by atoms with van der Waals surface area (Å²) in [7, 11) is 0. The van der Waals surface area contributed by atoms with Crippen molar-refractivity contribution in [2.75, 3.05) is 6.54 Å². The van der Waals surface area contributed by atoms with Gasteiger partial charge in [0.2, 0.25) is 5.91 Å². The molecule has 0 spiro atoms. The van der Waals surface area contributed by atoms with Gasteiger partial charge >= 0.3 is 0 Å². The molecule has 2 fully saturated rings. The van der Waals surface area contributed by atoms with Crippen molar-refractivity contribution in [1.82, 2.24) is 5.32 Å². The average molecular weight is 301 g/mol. The van der Waals surface area contributed by atoms with Crippen LogP contribution < -0.4 is 5.32 Å². The summed E-state index contributed by atoms with van der Waals surface area (Å²) in [5.74, 6) is 0.398. The van der Waals surface area contributed by atoms with Crippen LogP contribution in [-0.4, -0.2) is 23.7 Å². The SMILES string of the molecule is Cc1cccc(C2(C(=O)NCC3CCCC3O)CCCC2)c1. The molecular weight excluding hydrogens is 274 g/mol. The zero-order valence-electron chi connectivity index (χ0n) is 13.5. The molecule has 1 aromatic rings. The molecule has 1 aromatic carbocycles. The first-order valence-electron chi connectivity index (χ1n) is 8.65. The Kier molecular flexibility index (Phi) is 4.53. The topological polar surface area (TPSA) is 49.3 Å². The molecule has 3 nitrogen and oxygen atoms in total. The van der Waals surface area contributed by atoms with Crippen molar-refractivity contribution in [3.05, 3.63) is 35.4 Å². The molecule has 120 valence electrons. The predicted octanol–water partition coefficient (Wildman–Crippen LogP) is 3.08. The van der Waals surface area contributed by atoms with Crippen molar-refractivity contribution in [3.8, 4) is 0 Å². The first-order chi connectivity index (χ1) is 10.6. The summed E-state index contributed by atoms with van der Waals surface area (Å²) in [5.41, 5.74) is 2.02. The third kappa shape index (κ3) is 2.91. The van der Waals surface area contributed by atoms with Crippen LogP contribution in [0.4, 0.5) is 0 Å². The Labute approximate surface area is 133 Å². The quantitative estimate of drug-likeness (QED) is 0.898. The summed E-state index contributed by atoms with van der Waals surface area (Å²) in [4.78, 5) is 12.9. The second kappa shape index (κ2) is 6.41. The Hall–Kier alpha value is -1.35. The van der Waals surface area contributed by atoms with Crippen LogP contribution in [0.2, 0.25) is 0 Å². The van der Waals surface area contributed by atoms with Gasteiger partial charge in [-0.15, -0.1) is 0 Å². The third-order valence-electron chi connectivity index (χ3n) is 5.61.